The van der Waals surface area contributed by atoms with Gasteiger partial charge in [-0.05, 0) is 41.5 Å². The normalized spacial score (nSPS) is 14.0. The van der Waals surface area contributed by atoms with Crippen molar-refractivity contribution in [1.82, 2.24) is 0 Å². The molecule has 0 bridgehead atoms. The number of carbonyl (C=O) groups excluding carboxylic acids is 2. The van der Waals surface area contributed by atoms with Gasteiger partial charge in [0.05, 0.1) is 14.8 Å². The molecule has 0 aliphatic carbocycles. The molecule has 0 amide bonds. The zero-order valence-electron chi connectivity index (χ0n) is 16.0. The van der Waals surface area contributed by atoms with Gasteiger partial charge in [0.1, 0.15) is 16.5 Å². The van der Waals surface area contributed by atoms with E-state index >= 15 is 0 Å². The molecule has 0 fully saturated rings. The summed E-state index contributed by atoms with van der Waals surface area (Å²) in [6.45, 7) is 2.71. The van der Waals surface area contributed by atoms with Crippen LogP contribution in [0, 0.1) is 0 Å². The first-order chi connectivity index (χ1) is 14.3. The van der Waals surface area contributed by atoms with Gasteiger partial charge >= 0.3 is 11.9 Å². The maximum absolute atomic E-state index is 11.3. The molecular weight excluding hydrogens is 442 g/mol. The molecule has 0 saturated heterocycles. The minimum atomic E-state index is -0.780. The predicted octanol–water partition coefficient (Wildman–Crippen LogP) is 5.34. The van der Waals surface area contributed by atoms with Gasteiger partial charge in [-0.25, -0.2) is 0 Å². The third kappa shape index (κ3) is 3.49. The van der Waals surface area contributed by atoms with Gasteiger partial charge in [-0.2, -0.15) is 0 Å². The molecule has 1 aliphatic rings. The number of ether oxygens (including phenoxy) is 2. The van der Waals surface area contributed by atoms with Crippen molar-refractivity contribution in [3.8, 4) is 11.5 Å². The van der Waals surface area contributed by atoms with E-state index in [0.29, 0.717) is 20.8 Å². The van der Waals surface area contributed by atoms with Crippen LogP contribution >= 0.6 is 35.2 Å². The number of esters is 2. The topological polar surface area (TPSA) is 64.6 Å². The highest BCUT2D eigenvalue weighted by Gasteiger charge is 2.48. The summed E-state index contributed by atoms with van der Waals surface area (Å²) in [4.78, 5) is 23.1. The monoisotopic (exact) mass is 457 g/mol. The van der Waals surface area contributed by atoms with Crippen LogP contribution in [0.1, 0.15) is 30.5 Å². The molecule has 2 heterocycles. The van der Waals surface area contributed by atoms with Crippen molar-refractivity contribution < 1.29 is 19.1 Å². The van der Waals surface area contributed by atoms with E-state index in [1.54, 1.807) is 24.3 Å². The van der Waals surface area contributed by atoms with Gasteiger partial charge in [-0.3, -0.25) is 9.59 Å². The third-order valence-electron chi connectivity index (χ3n) is 4.77. The highest BCUT2D eigenvalue weighted by Crippen LogP contribution is 2.52. The van der Waals surface area contributed by atoms with Crippen LogP contribution in [0.5, 0.6) is 11.5 Å². The largest absolute Gasteiger partial charge is 0.427 e. The molecule has 0 atom stereocenters. The van der Waals surface area contributed by atoms with E-state index in [1.165, 1.54) is 25.2 Å². The summed E-state index contributed by atoms with van der Waals surface area (Å²) in [5, 5.41) is 4.18. The number of thiocarbonyl (C=S) groups is 1. The van der Waals surface area contributed by atoms with Crippen molar-refractivity contribution in [1.29, 1.82) is 0 Å². The SMILES string of the molecule is CC(=O)Oc1ccc(C2(c3ccc(OC(C)=O)cc3)C(=S)Nc3sc(Cl)cc32)cc1. The quantitative estimate of drug-likeness (QED) is 0.324. The van der Waals surface area contributed by atoms with Gasteiger partial charge in [0.2, 0.25) is 0 Å². The van der Waals surface area contributed by atoms with Crippen LogP contribution in [0.2, 0.25) is 4.34 Å². The van der Waals surface area contributed by atoms with Crippen molar-refractivity contribution in [2.24, 2.45) is 0 Å². The lowest BCUT2D eigenvalue weighted by Gasteiger charge is -2.31. The molecular formula is C22H16ClNO4S2. The first-order valence-electron chi connectivity index (χ1n) is 9.00. The molecule has 2 aromatic carbocycles. The minimum Gasteiger partial charge on any atom is -0.427 e. The van der Waals surface area contributed by atoms with E-state index in [1.807, 2.05) is 30.3 Å². The Hall–Kier alpha value is -2.74. The van der Waals surface area contributed by atoms with E-state index in [4.69, 9.17) is 33.3 Å². The number of halogens is 1. The van der Waals surface area contributed by atoms with Crippen LogP contribution < -0.4 is 14.8 Å². The zero-order valence-corrected chi connectivity index (χ0v) is 18.4. The van der Waals surface area contributed by atoms with E-state index in [-0.39, 0.29) is 11.9 Å². The van der Waals surface area contributed by atoms with Crippen molar-refractivity contribution in [3.63, 3.8) is 0 Å². The Kier molecular flexibility index (Phi) is 5.36. The summed E-state index contributed by atoms with van der Waals surface area (Å²) < 4.78 is 11.0. The smallest absolute Gasteiger partial charge is 0.308 e. The first kappa shape index (κ1) is 20.5. The van der Waals surface area contributed by atoms with Gasteiger partial charge in [0.25, 0.3) is 0 Å². The van der Waals surface area contributed by atoms with E-state index in [2.05, 4.69) is 5.32 Å². The number of rotatable bonds is 4. The summed E-state index contributed by atoms with van der Waals surface area (Å²) >= 11 is 13.5. The summed E-state index contributed by atoms with van der Waals surface area (Å²) in [5.74, 6) is 0.131. The Morgan fingerprint density at radius 3 is 1.83 bits per heavy atom. The Morgan fingerprint density at radius 1 is 0.933 bits per heavy atom. The minimum absolute atomic E-state index is 0.386. The fourth-order valence-electron chi connectivity index (χ4n) is 3.67. The van der Waals surface area contributed by atoms with Crippen molar-refractivity contribution in [2.75, 3.05) is 5.32 Å². The van der Waals surface area contributed by atoms with Crippen molar-refractivity contribution in [2.45, 2.75) is 19.3 Å². The molecule has 0 spiro atoms. The number of fused-ring (bicyclic) bond motifs is 1. The number of thiophene rings is 1. The highest BCUT2D eigenvalue weighted by atomic mass is 35.5. The van der Waals surface area contributed by atoms with E-state index < -0.39 is 5.41 Å². The van der Waals surface area contributed by atoms with Crippen LogP contribution in [0.3, 0.4) is 0 Å². The van der Waals surface area contributed by atoms with E-state index in [9.17, 15) is 9.59 Å². The molecule has 152 valence electrons. The second kappa shape index (κ2) is 7.83. The molecule has 5 nitrogen and oxygen atoms in total. The van der Waals surface area contributed by atoms with Crippen molar-refractivity contribution in [3.05, 3.63) is 75.6 Å². The van der Waals surface area contributed by atoms with Crippen LogP contribution in [-0.2, 0) is 15.0 Å². The molecule has 30 heavy (non-hydrogen) atoms. The molecule has 1 aliphatic heterocycles. The standard InChI is InChI=1S/C22H16ClNO4S2/c1-12(25)27-16-7-3-14(4-8-16)22(15-5-9-17(10-6-15)28-13(2)26)18-11-19(23)30-20(18)24-21(22)29/h3-11H,1-2H3,(H,24,29). The summed E-state index contributed by atoms with van der Waals surface area (Å²) in [5.41, 5.74) is 1.95. The molecule has 8 heteroatoms. The number of nitrogens with one attached hydrogen (secondary N) is 1. The molecule has 1 N–H and O–H groups in total. The lowest BCUT2D eigenvalue weighted by atomic mass is 9.71. The number of carbonyl (C=O) groups is 2. The average molecular weight is 458 g/mol. The van der Waals surface area contributed by atoms with Crippen molar-refractivity contribution >= 4 is 57.1 Å². The Bertz CT molecular complexity index is 1090. The number of hydrogen-bond donors (Lipinski definition) is 1. The lowest BCUT2D eigenvalue weighted by molar-refractivity contribution is -0.132. The van der Waals surface area contributed by atoms with Gasteiger partial charge in [0.15, 0.2) is 0 Å². The molecule has 4 rings (SSSR count). The first-order valence-corrected chi connectivity index (χ1v) is 10.6. The van der Waals surface area contributed by atoms with E-state index in [0.717, 1.165) is 21.7 Å². The Morgan fingerprint density at radius 2 is 1.40 bits per heavy atom. The molecule has 0 saturated carbocycles. The summed E-state index contributed by atoms with van der Waals surface area (Å²) in [6, 6.07) is 16.4. The molecule has 1 aromatic heterocycles. The van der Waals surface area contributed by atoms with Gasteiger partial charge < -0.3 is 14.8 Å². The molecule has 0 unspecified atom stereocenters. The summed E-state index contributed by atoms with van der Waals surface area (Å²) in [7, 11) is 0. The second-order valence-electron chi connectivity index (χ2n) is 6.73. The van der Waals surface area contributed by atoms with Gasteiger partial charge in [-0.15, -0.1) is 11.3 Å². The number of hydrogen-bond acceptors (Lipinski definition) is 6. The van der Waals surface area contributed by atoms with Crippen LogP contribution in [0.15, 0.2) is 54.6 Å². The molecule has 3 aromatic rings. The number of anilines is 1. The fraction of sp³-hybridized carbons (Fsp3) is 0.136. The Balaban J connectivity index is 1.87. The average Bonchev–Trinajstić information content (AvgIpc) is 3.16. The zero-order chi connectivity index (χ0) is 21.5. The summed E-state index contributed by atoms with van der Waals surface area (Å²) in [6.07, 6.45) is 0. The third-order valence-corrected chi connectivity index (χ3v) is 6.36. The maximum atomic E-state index is 11.3. The lowest BCUT2D eigenvalue weighted by Crippen LogP contribution is -2.35. The predicted molar refractivity (Wildman–Crippen MR) is 121 cm³/mol. The van der Waals surface area contributed by atoms with Gasteiger partial charge in [0, 0.05) is 19.4 Å². The fourth-order valence-corrected chi connectivity index (χ4v) is 5.37. The Labute approximate surface area is 187 Å². The highest BCUT2D eigenvalue weighted by molar-refractivity contribution is 7.81. The van der Waals surface area contributed by atoms with Crippen LogP contribution in [0.4, 0.5) is 5.00 Å². The van der Waals surface area contributed by atoms with Gasteiger partial charge in [-0.1, -0.05) is 48.1 Å². The molecule has 0 radical (unpaired) electrons. The van der Waals surface area contributed by atoms with Crippen LogP contribution in [0.25, 0.3) is 0 Å². The number of benzene rings is 2. The maximum Gasteiger partial charge on any atom is 0.308 e. The van der Waals surface area contributed by atoms with Crippen LogP contribution in [-0.4, -0.2) is 16.9 Å². The second-order valence-corrected chi connectivity index (χ2v) is 8.83.